The molecule has 88 valence electrons. The Balaban J connectivity index is 2.21. The minimum absolute atomic E-state index is 0.340. The summed E-state index contributed by atoms with van der Waals surface area (Å²) in [6, 6.07) is 6.64. The Morgan fingerprint density at radius 2 is 2.19 bits per heavy atom. The molecule has 1 heterocycles. The Morgan fingerprint density at radius 1 is 1.38 bits per heavy atom. The highest BCUT2D eigenvalue weighted by Crippen LogP contribution is 2.30. The van der Waals surface area contributed by atoms with Gasteiger partial charge in [0.15, 0.2) is 0 Å². The first-order valence-electron chi connectivity index (χ1n) is 5.45. The number of hydrogen-bond acceptors (Lipinski definition) is 2. The van der Waals surface area contributed by atoms with Crippen LogP contribution in [0.15, 0.2) is 18.2 Å². The van der Waals surface area contributed by atoms with Gasteiger partial charge in [0.25, 0.3) is 0 Å². The van der Waals surface area contributed by atoms with Gasteiger partial charge in [-0.15, -0.1) is 0 Å². The summed E-state index contributed by atoms with van der Waals surface area (Å²) in [7, 11) is 0. The van der Waals surface area contributed by atoms with E-state index in [0.29, 0.717) is 17.1 Å². The highest BCUT2D eigenvalue weighted by molar-refractivity contribution is 7.99. The van der Waals surface area contributed by atoms with Gasteiger partial charge in [-0.1, -0.05) is 29.3 Å². The summed E-state index contributed by atoms with van der Waals surface area (Å²) in [6.45, 7) is 2.22. The van der Waals surface area contributed by atoms with E-state index in [1.54, 1.807) is 0 Å². The predicted octanol–water partition coefficient (Wildman–Crippen LogP) is 4.15. The Kier molecular flexibility index (Phi) is 4.42. The van der Waals surface area contributed by atoms with E-state index in [4.69, 9.17) is 23.2 Å². The van der Waals surface area contributed by atoms with Gasteiger partial charge in [-0.25, -0.2) is 0 Å². The molecule has 2 rings (SSSR count). The molecule has 0 aromatic heterocycles. The largest absolute Gasteiger partial charge is 0.307 e. The zero-order valence-corrected chi connectivity index (χ0v) is 11.5. The van der Waals surface area contributed by atoms with E-state index in [-0.39, 0.29) is 0 Å². The van der Waals surface area contributed by atoms with Crippen LogP contribution in [0, 0.1) is 0 Å². The zero-order chi connectivity index (χ0) is 11.5. The van der Waals surface area contributed by atoms with Crippen molar-refractivity contribution < 1.29 is 0 Å². The molecule has 0 saturated carbocycles. The number of rotatable bonds is 1. The van der Waals surface area contributed by atoms with Crippen molar-refractivity contribution >= 4 is 35.0 Å². The zero-order valence-electron chi connectivity index (χ0n) is 9.17. The molecule has 1 aliphatic rings. The summed E-state index contributed by atoms with van der Waals surface area (Å²) in [5, 5.41) is 5.07. The van der Waals surface area contributed by atoms with Gasteiger partial charge in [-0.2, -0.15) is 11.8 Å². The monoisotopic (exact) mass is 275 g/mol. The minimum Gasteiger partial charge on any atom is -0.307 e. The predicted molar refractivity (Wildman–Crippen MR) is 73.7 cm³/mol. The second-order valence-electron chi connectivity index (χ2n) is 4.15. The van der Waals surface area contributed by atoms with Gasteiger partial charge in [0.05, 0.1) is 0 Å². The molecule has 0 amide bonds. The van der Waals surface area contributed by atoms with Crippen molar-refractivity contribution in [2.45, 2.75) is 25.4 Å². The lowest BCUT2D eigenvalue weighted by Gasteiger charge is -2.20. The quantitative estimate of drug-likeness (QED) is 0.827. The van der Waals surface area contributed by atoms with E-state index in [1.807, 2.05) is 30.0 Å². The van der Waals surface area contributed by atoms with Crippen LogP contribution in [-0.2, 0) is 0 Å². The first-order valence-corrected chi connectivity index (χ1v) is 7.36. The number of hydrogen-bond donors (Lipinski definition) is 1. The van der Waals surface area contributed by atoms with E-state index in [0.717, 1.165) is 16.3 Å². The molecule has 2 atom stereocenters. The molecule has 1 nitrogen and oxygen atoms in total. The fourth-order valence-electron chi connectivity index (χ4n) is 1.90. The highest BCUT2D eigenvalue weighted by atomic mass is 35.5. The van der Waals surface area contributed by atoms with Crippen LogP contribution in [0.2, 0.25) is 10.0 Å². The van der Waals surface area contributed by atoms with Crippen LogP contribution < -0.4 is 5.32 Å². The average molecular weight is 276 g/mol. The fraction of sp³-hybridized carbons (Fsp3) is 0.500. The first-order chi connectivity index (χ1) is 7.66. The number of nitrogens with one attached hydrogen (secondary N) is 1. The van der Waals surface area contributed by atoms with Crippen molar-refractivity contribution in [1.29, 1.82) is 0 Å². The molecular formula is C12H15Cl2NS. The molecule has 1 aromatic carbocycles. The third kappa shape index (κ3) is 3.07. The van der Waals surface area contributed by atoms with Gasteiger partial charge in [-0.3, -0.25) is 0 Å². The fourth-order valence-corrected chi connectivity index (χ4v) is 3.64. The molecule has 1 N–H and O–H groups in total. The molecule has 1 fully saturated rings. The van der Waals surface area contributed by atoms with Crippen molar-refractivity contribution in [1.82, 2.24) is 5.32 Å². The molecule has 1 aromatic rings. The number of halogens is 2. The van der Waals surface area contributed by atoms with Crippen LogP contribution >= 0.6 is 35.0 Å². The second-order valence-corrected chi connectivity index (χ2v) is 6.14. The standard InChI is InChI=1S/C12H15Cl2NS/c1-8-4-5-16-7-12(15-8)10-3-2-9(13)6-11(10)14/h2-3,6,8,12,15H,4-5,7H2,1H3. The van der Waals surface area contributed by atoms with Crippen molar-refractivity contribution in [3.63, 3.8) is 0 Å². The van der Waals surface area contributed by atoms with Crippen molar-refractivity contribution in [3.8, 4) is 0 Å². The molecular weight excluding hydrogens is 261 g/mol. The molecule has 0 bridgehead atoms. The van der Waals surface area contributed by atoms with Gasteiger partial charge >= 0.3 is 0 Å². The molecule has 2 unspecified atom stereocenters. The van der Waals surface area contributed by atoms with E-state index in [2.05, 4.69) is 12.2 Å². The van der Waals surface area contributed by atoms with Crippen LogP contribution in [0.3, 0.4) is 0 Å². The lowest BCUT2D eigenvalue weighted by atomic mass is 10.1. The smallest absolute Gasteiger partial charge is 0.0468 e. The normalized spacial score (nSPS) is 26.4. The van der Waals surface area contributed by atoms with E-state index < -0.39 is 0 Å². The van der Waals surface area contributed by atoms with Gasteiger partial charge in [0.2, 0.25) is 0 Å². The minimum atomic E-state index is 0.340. The summed E-state index contributed by atoms with van der Waals surface area (Å²) in [5.41, 5.74) is 1.16. The highest BCUT2D eigenvalue weighted by Gasteiger charge is 2.20. The van der Waals surface area contributed by atoms with Crippen LogP contribution in [0.1, 0.15) is 24.9 Å². The lowest BCUT2D eigenvalue weighted by Crippen LogP contribution is -2.30. The maximum Gasteiger partial charge on any atom is 0.0468 e. The van der Waals surface area contributed by atoms with Gasteiger partial charge in [-0.05, 0) is 36.8 Å². The Labute approximate surface area is 111 Å². The molecule has 1 saturated heterocycles. The SMILES string of the molecule is CC1CCSCC(c2ccc(Cl)cc2Cl)N1. The van der Waals surface area contributed by atoms with Crippen molar-refractivity contribution in [2.24, 2.45) is 0 Å². The molecule has 0 aliphatic carbocycles. The lowest BCUT2D eigenvalue weighted by molar-refractivity contribution is 0.485. The van der Waals surface area contributed by atoms with Crippen molar-refractivity contribution in [3.05, 3.63) is 33.8 Å². The van der Waals surface area contributed by atoms with Gasteiger partial charge in [0, 0.05) is 27.9 Å². The average Bonchev–Trinajstić information content (AvgIpc) is 2.43. The summed E-state index contributed by atoms with van der Waals surface area (Å²) in [5.74, 6) is 2.29. The Bertz CT molecular complexity index is 370. The molecule has 4 heteroatoms. The van der Waals surface area contributed by atoms with Crippen molar-refractivity contribution in [2.75, 3.05) is 11.5 Å². The summed E-state index contributed by atoms with van der Waals surface area (Å²) in [4.78, 5) is 0. The van der Waals surface area contributed by atoms with E-state index >= 15 is 0 Å². The molecule has 0 spiro atoms. The Hall–Kier alpha value is 0.110. The summed E-state index contributed by atoms with van der Waals surface area (Å²) < 4.78 is 0. The van der Waals surface area contributed by atoms with Crippen LogP contribution in [-0.4, -0.2) is 17.5 Å². The van der Waals surface area contributed by atoms with E-state index in [9.17, 15) is 0 Å². The first kappa shape index (κ1) is 12.6. The molecule has 1 aliphatic heterocycles. The Morgan fingerprint density at radius 3 is 2.94 bits per heavy atom. The van der Waals surface area contributed by atoms with Gasteiger partial charge in [0.1, 0.15) is 0 Å². The second kappa shape index (κ2) is 5.63. The maximum absolute atomic E-state index is 6.23. The van der Waals surface area contributed by atoms with Crippen LogP contribution in [0.5, 0.6) is 0 Å². The van der Waals surface area contributed by atoms with E-state index in [1.165, 1.54) is 12.2 Å². The van der Waals surface area contributed by atoms with Crippen LogP contribution in [0.25, 0.3) is 0 Å². The maximum atomic E-state index is 6.23. The summed E-state index contributed by atoms with van der Waals surface area (Å²) >= 11 is 14.1. The third-order valence-corrected chi connectivity index (χ3v) is 4.46. The topological polar surface area (TPSA) is 12.0 Å². The third-order valence-electron chi connectivity index (χ3n) is 2.80. The summed E-state index contributed by atoms with van der Waals surface area (Å²) in [6.07, 6.45) is 1.21. The van der Waals surface area contributed by atoms with Gasteiger partial charge < -0.3 is 5.32 Å². The molecule has 0 radical (unpaired) electrons. The number of benzene rings is 1. The molecule has 16 heavy (non-hydrogen) atoms. The number of thioether (sulfide) groups is 1. The van der Waals surface area contributed by atoms with Crippen LogP contribution in [0.4, 0.5) is 0 Å².